The minimum Gasteiger partial charge on any atom is -0.397 e. The predicted octanol–water partition coefficient (Wildman–Crippen LogP) is 3.81. The topological polar surface area (TPSA) is 29.3 Å². The van der Waals surface area contributed by atoms with Gasteiger partial charge in [-0.2, -0.15) is 0 Å². The van der Waals surface area contributed by atoms with Crippen LogP contribution < -0.4 is 10.6 Å². The maximum absolute atomic E-state index is 13.3. The van der Waals surface area contributed by atoms with Crippen LogP contribution in [0.2, 0.25) is 0 Å². The van der Waals surface area contributed by atoms with Crippen LogP contribution in [0.5, 0.6) is 0 Å². The molecule has 0 saturated heterocycles. The van der Waals surface area contributed by atoms with Gasteiger partial charge in [-0.05, 0) is 38.5 Å². The van der Waals surface area contributed by atoms with E-state index < -0.39 is 0 Å². The molecular formula is C14H23FN2. The molecule has 0 aliphatic carbocycles. The predicted molar refractivity (Wildman–Crippen MR) is 72.8 cm³/mol. The summed E-state index contributed by atoms with van der Waals surface area (Å²) in [6.07, 6.45) is 3.49. The molecule has 1 aromatic rings. The lowest BCUT2D eigenvalue weighted by Gasteiger charge is -2.30. The molecule has 1 rings (SSSR count). The highest BCUT2D eigenvalue weighted by Gasteiger charge is 2.13. The minimum absolute atomic E-state index is 0.227. The zero-order valence-electron chi connectivity index (χ0n) is 11.0. The quantitative estimate of drug-likeness (QED) is 0.603. The SMILES string of the molecule is CCCCCN(c1cc(F)ccc1N)C(C)C. The van der Waals surface area contributed by atoms with E-state index in [1.54, 1.807) is 6.07 Å². The number of hydrogen-bond acceptors (Lipinski definition) is 2. The maximum atomic E-state index is 13.3. The fraction of sp³-hybridized carbons (Fsp3) is 0.571. The Morgan fingerprint density at radius 2 is 2.00 bits per heavy atom. The Hall–Kier alpha value is -1.25. The molecule has 0 fully saturated rings. The molecule has 0 unspecified atom stereocenters. The summed E-state index contributed by atoms with van der Waals surface area (Å²) >= 11 is 0. The highest BCUT2D eigenvalue weighted by molar-refractivity contribution is 5.67. The second kappa shape index (κ2) is 6.48. The lowest BCUT2D eigenvalue weighted by Crippen LogP contribution is -2.32. The van der Waals surface area contributed by atoms with Crippen LogP contribution in [0.1, 0.15) is 40.0 Å². The molecule has 0 aliphatic heterocycles. The molecule has 0 amide bonds. The Bertz CT molecular complexity index is 350. The number of nitrogens with zero attached hydrogens (tertiary/aromatic N) is 1. The second-order valence-electron chi connectivity index (χ2n) is 4.70. The van der Waals surface area contributed by atoms with Crippen molar-refractivity contribution < 1.29 is 4.39 Å². The average molecular weight is 238 g/mol. The molecule has 17 heavy (non-hydrogen) atoms. The van der Waals surface area contributed by atoms with E-state index in [-0.39, 0.29) is 5.82 Å². The van der Waals surface area contributed by atoms with E-state index >= 15 is 0 Å². The van der Waals surface area contributed by atoms with Crippen molar-refractivity contribution in [2.75, 3.05) is 17.2 Å². The largest absolute Gasteiger partial charge is 0.397 e. The normalized spacial score (nSPS) is 10.9. The van der Waals surface area contributed by atoms with Crippen molar-refractivity contribution in [2.24, 2.45) is 0 Å². The Morgan fingerprint density at radius 1 is 1.29 bits per heavy atom. The summed E-state index contributed by atoms with van der Waals surface area (Å²) in [6.45, 7) is 7.32. The summed E-state index contributed by atoms with van der Waals surface area (Å²) in [6, 6.07) is 4.90. The van der Waals surface area contributed by atoms with Crippen molar-refractivity contribution in [1.82, 2.24) is 0 Å². The number of hydrogen-bond donors (Lipinski definition) is 1. The summed E-state index contributed by atoms with van der Waals surface area (Å²) in [5.41, 5.74) is 7.39. The first-order valence-corrected chi connectivity index (χ1v) is 6.38. The Kier molecular flexibility index (Phi) is 5.26. The Labute approximate surface area is 104 Å². The zero-order valence-corrected chi connectivity index (χ0v) is 11.0. The molecule has 1 aromatic carbocycles. The van der Waals surface area contributed by atoms with Gasteiger partial charge in [-0.15, -0.1) is 0 Å². The van der Waals surface area contributed by atoms with Gasteiger partial charge in [0.2, 0.25) is 0 Å². The number of unbranched alkanes of at least 4 members (excludes halogenated alkanes) is 2. The van der Waals surface area contributed by atoms with Crippen LogP contribution in [0.25, 0.3) is 0 Å². The summed E-state index contributed by atoms with van der Waals surface area (Å²) in [5, 5.41) is 0. The van der Waals surface area contributed by atoms with E-state index in [0.717, 1.165) is 18.7 Å². The molecule has 2 nitrogen and oxygen atoms in total. The summed E-state index contributed by atoms with van der Waals surface area (Å²) in [5.74, 6) is -0.227. The summed E-state index contributed by atoms with van der Waals surface area (Å²) in [4.78, 5) is 2.17. The molecule has 96 valence electrons. The van der Waals surface area contributed by atoms with Crippen LogP contribution in [0, 0.1) is 5.82 Å². The molecule has 0 heterocycles. The van der Waals surface area contributed by atoms with Crippen LogP contribution in [0.15, 0.2) is 18.2 Å². The molecule has 0 saturated carbocycles. The van der Waals surface area contributed by atoms with Gasteiger partial charge in [0.05, 0.1) is 11.4 Å². The fourth-order valence-electron chi connectivity index (χ4n) is 1.95. The molecule has 0 radical (unpaired) electrons. The highest BCUT2D eigenvalue weighted by Crippen LogP contribution is 2.26. The monoisotopic (exact) mass is 238 g/mol. The van der Waals surface area contributed by atoms with Gasteiger partial charge in [-0.3, -0.25) is 0 Å². The van der Waals surface area contributed by atoms with Crippen molar-refractivity contribution in [1.29, 1.82) is 0 Å². The number of nitrogen functional groups attached to an aromatic ring is 1. The van der Waals surface area contributed by atoms with E-state index in [1.165, 1.54) is 25.0 Å². The first-order chi connectivity index (χ1) is 8.06. The van der Waals surface area contributed by atoms with Crippen molar-refractivity contribution in [3.05, 3.63) is 24.0 Å². The Balaban J connectivity index is 2.85. The first-order valence-electron chi connectivity index (χ1n) is 6.38. The molecule has 0 atom stereocenters. The maximum Gasteiger partial charge on any atom is 0.125 e. The number of nitrogens with two attached hydrogens (primary N) is 1. The van der Waals surface area contributed by atoms with Crippen LogP contribution in [-0.2, 0) is 0 Å². The molecule has 0 aliphatic rings. The van der Waals surface area contributed by atoms with Crippen molar-refractivity contribution in [2.45, 2.75) is 46.1 Å². The van der Waals surface area contributed by atoms with Gasteiger partial charge in [-0.1, -0.05) is 19.8 Å². The lowest BCUT2D eigenvalue weighted by molar-refractivity contribution is 0.611. The summed E-state index contributed by atoms with van der Waals surface area (Å²) in [7, 11) is 0. The van der Waals surface area contributed by atoms with Crippen LogP contribution >= 0.6 is 0 Å². The standard InChI is InChI=1S/C14H23FN2/c1-4-5-6-9-17(11(2)3)14-10-12(15)7-8-13(14)16/h7-8,10-11H,4-6,9,16H2,1-3H3. The number of benzene rings is 1. The van der Waals surface area contributed by atoms with Gasteiger partial charge in [0.15, 0.2) is 0 Å². The minimum atomic E-state index is -0.227. The van der Waals surface area contributed by atoms with Gasteiger partial charge in [0.25, 0.3) is 0 Å². The van der Waals surface area contributed by atoms with Crippen molar-refractivity contribution >= 4 is 11.4 Å². The number of rotatable bonds is 6. The molecule has 0 aromatic heterocycles. The van der Waals surface area contributed by atoms with E-state index in [2.05, 4.69) is 25.7 Å². The van der Waals surface area contributed by atoms with Crippen LogP contribution in [-0.4, -0.2) is 12.6 Å². The second-order valence-corrected chi connectivity index (χ2v) is 4.70. The first kappa shape index (κ1) is 13.8. The van der Waals surface area contributed by atoms with E-state index in [9.17, 15) is 4.39 Å². The molecule has 0 spiro atoms. The number of halogens is 1. The van der Waals surface area contributed by atoms with E-state index in [4.69, 9.17) is 5.73 Å². The third-order valence-electron chi connectivity index (χ3n) is 2.93. The molecule has 3 heteroatoms. The van der Waals surface area contributed by atoms with Gasteiger partial charge in [-0.25, -0.2) is 4.39 Å². The molecule has 0 bridgehead atoms. The highest BCUT2D eigenvalue weighted by atomic mass is 19.1. The van der Waals surface area contributed by atoms with Gasteiger partial charge < -0.3 is 10.6 Å². The van der Waals surface area contributed by atoms with Gasteiger partial charge in [0, 0.05) is 12.6 Å². The zero-order chi connectivity index (χ0) is 12.8. The third-order valence-corrected chi connectivity index (χ3v) is 2.93. The third kappa shape index (κ3) is 3.91. The van der Waals surface area contributed by atoms with Crippen molar-refractivity contribution in [3.8, 4) is 0 Å². The average Bonchev–Trinajstić information content (AvgIpc) is 2.28. The van der Waals surface area contributed by atoms with E-state index in [1.807, 2.05) is 0 Å². The Morgan fingerprint density at radius 3 is 2.59 bits per heavy atom. The number of anilines is 2. The molecular weight excluding hydrogens is 215 g/mol. The van der Waals surface area contributed by atoms with Crippen molar-refractivity contribution in [3.63, 3.8) is 0 Å². The lowest BCUT2D eigenvalue weighted by atomic mass is 10.1. The fourth-order valence-corrected chi connectivity index (χ4v) is 1.95. The van der Waals surface area contributed by atoms with Crippen LogP contribution in [0.3, 0.4) is 0 Å². The summed E-state index contributed by atoms with van der Waals surface area (Å²) < 4.78 is 13.3. The van der Waals surface area contributed by atoms with E-state index in [0.29, 0.717) is 11.7 Å². The van der Waals surface area contributed by atoms with Crippen LogP contribution in [0.4, 0.5) is 15.8 Å². The smallest absolute Gasteiger partial charge is 0.125 e. The van der Waals surface area contributed by atoms with Gasteiger partial charge in [0.1, 0.15) is 5.82 Å². The van der Waals surface area contributed by atoms with Gasteiger partial charge >= 0.3 is 0 Å². The molecule has 2 N–H and O–H groups in total.